The number of amides is 4. The quantitative estimate of drug-likeness (QED) is 0.661. The second-order valence-electron chi connectivity index (χ2n) is 8.99. The lowest BCUT2D eigenvalue weighted by atomic mass is 9.77. The smallest absolute Gasteiger partial charge is 0.407 e. The van der Waals surface area contributed by atoms with E-state index < -0.39 is 18.0 Å². The van der Waals surface area contributed by atoms with Crippen LogP contribution in [-0.2, 0) is 27.4 Å². The van der Waals surface area contributed by atoms with Crippen LogP contribution < -0.4 is 10.6 Å². The molecule has 0 spiro atoms. The van der Waals surface area contributed by atoms with Crippen LogP contribution in [0, 0.1) is 5.82 Å². The van der Waals surface area contributed by atoms with Crippen molar-refractivity contribution in [3.8, 4) is 0 Å². The molecule has 176 valence electrons. The van der Waals surface area contributed by atoms with Crippen molar-refractivity contribution in [2.24, 2.45) is 0 Å². The van der Waals surface area contributed by atoms with E-state index in [1.807, 2.05) is 12.1 Å². The molecular formula is C25H24FN3O5. The number of alkyl carbamates (subject to hydrolysis) is 1. The summed E-state index contributed by atoms with van der Waals surface area (Å²) < 4.78 is 18.5. The predicted molar refractivity (Wildman–Crippen MR) is 118 cm³/mol. The molecule has 2 aromatic rings. The topological polar surface area (TPSA) is 105 Å². The third-order valence-corrected chi connectivity index (χ3v) is 6.74. The van der Waals surface area contributed by atoms with Gasteiger partial charge in [-0.2, -0.15) is 0 Å². The third kappa shape index (κ3) is 4.37. The Bertz CT molecular complexity index is 1160. The lowest BCUT2D eigenvalue weighted by Gasteiger charge is -2.34. The average Bonchev–Trinajstić information content (AvgIpc) is 3.11. The van der Waals surface area contributed by atoms with Gasteiger partial charge in [-0.15, -0.1) is 0 Å². The van der Waals surface area contributed by atoms with Crippen molar-refractivity contribution < 1.29 is 28.3 Å². The highest BCUT2D eigenvalue weighted by Gasteiger charge is 2.39. The van der Waals surface area contributed by atoms with Gasteiger partial charge in [-0.25, -0.2) is 9.18 Å². The van der Waals surface area contributed by atoms with Crippen LogP contribution in [0.5, 0.6) is 0 Å². The van der Waals surface area contributed by atoms with Gasteiger partial charge in [-0.1, -0.05) is 24.3 Å². The molecule has 0 bridgehead atoms. The van der Waals surface area contributed by atoms with E-state index >= 15 is 0 Å². The van der Waals surface area contributed by atoms with E-state index in [1.165, 1.54) is 17.0 Å². The molecule has 1 aliphatic carbocycles. The first kappa shape index (κ1) is 22.1. The zero-order valence-electron chi connectivity index (χ0n) is 18.4. The summed E-state index contributed by atoms with van der Waals surface area (Å²) in [4.78, 5) is 50.1. The zero-order chi connectivity index (χ0) is 23.8. The van der Waals surface area contributed by atoms with Crippen LogP contribution >= 0.6 is 0 Å². The van der Waals surface area contributed by atoms with Crippen LogP contribution in [0.25, 0.3) is 0 Å². The van der Waals surface area contributed by atoms with Crippen LogP contribution in [0.2, 0.25) is 0 Å². The van der Waals surface area contributed by atoms with Crippen molar-refractivity contribution >= 4 is 23.8 Å². The van der Waals surface area contributed by atoms with Gasteiger partial charge in [0.25, 0.3) is 5.91 Å². The Labute approximate surface area is 195 Å². The molecule has 0 radical (unpaired) electrons. The third-order valence-electron chi connectivity index (χ3n) is 6.74. The van der Waals surface area contributed by atoms with Gasteiger partial charge < -0.3 is 15.0 Å². The van der Waals surface area contributed by atoms with E-state index in [4.69, 9.17) is 4.74 Å². The van der Waals surface area contributed by atoms with Gasteiger partial charge in [0.2, 0.25) is 11.8 Å². The standard InChI is InChI=1S/C25H24FN3O5/c26-18-5-3-15(4-6-18)17-10-19(11-17)34-25(33)27-12-14-1-2-16-13-29(24(32)20(16)9-14)21-7-8-22(30)28-23(21)31/h1-6,9,17,19,21H,7-8,10-13H2,(H,27,33)(H,28,30,31). The number of piperidine rings is 1. The Morgan fingerprint density at radius 1 is 1.12 bits per heavy atom. The zero-order valence-corrected chi connectivity index (χ0v) is 18.4. The summed E-state index contributed by atoms with van der Waals surface area (Å²) in [6, 6.07) is 11.1. The number of hydrogen-bond donors (Lipinski definition) is 2. The van der Waals surface area contributed by atoms with E-state index in [9.17, 15) is 23.6 Å². The van der Waals surface area contributed by atoms with E-state index in [2.05, 4.69) is 10.6 Å². The molecule has 2 aliphatic heterocycles. The molecular weight excluding hydrogens is 441 g/mol. The van der Waals surface area contributed by atoms with Crippen molar-refractivity contribution in [1.82, 2.24) is 15.5 Å². The summed E-state index contributed by atoms with van der Waals surface area (Å²) in [6.07, 6.45) is 1.21. The first-order valence-electron chi connectivity index (χ1n) is 11.3. The van der Waals surface area contributed by atoms with Crippen molar-refractivity contribution in [1.29, 1.82) is 0 Å². The maximum absolute atomic E-state index is 13.0. The Balaban J connectivity index is 1.12. The minimum Gasteiger partial charge on any atom is -0.446 e. The van der Waals surface area contributed by atoms with Crippen LogP contribution in [0.1, 0.15) is 58.6 Å². The molecule has 1 unspecified atom stereocenters. The Hall–Kier alpha value is -3.75. The monoisotopic (exact) mass is 465 g/mol. The summed E-state index contributed by atoms with van der Waals surface area (Å²) in [5, 5.41) is 5.00. The van der Waals surface area contributed by atoms with Crippen molar-refractivity contribution in [2.45, 2.75) is 56.8 Å². The molecule has 8 nitrogen and oxygen atoms in total. The first-order chi connectivity index (χ1) is 16.4. The number of benzene rings is 2. The highest BCUT2D eigenvalue weighted by Crippen LogP contribution is 2.38. The van der Waals surface area contributed by atoms with Gasteiger partial charge in [-0.05, 0) is 60.1 Å². The molecule has 1 saturated heterocycles. The number of ether oxygens (including phenoxy) is 1. The molecule has 2 heterocycles. The predicted octanol–water partition coefficient (Wildman–Crippen LogP) is 2.76. The van der Waals surface area contributed by atoms with E-state index in [0.717, 1.165) is 16.7 Å². The number of nitrogens with one attached hydrogen (secondary N) is 2. The van der Waals surface area contributed by atoms with Crippen molar-refractivity contribution in [3.05, 3.63) is 70.5 Å². The number of imide groups is 1. The molecule has 1 atom stereocenters. The van der Waals surface area contributed by atoms with Gasteiger partial charge in [0.15, 0.2) is 0 Å². The molecule has 3 aliphatic rings. The number of rotatable bonds is 5. The van der Waals surface area contributed by atoms with Gasteiger partial charge in [0.05, 0.1) is 0 Å². The Kier molecular flexibility index (Phi) is 5.77. The fraction of sp³-hybridized carbons (Fsp3) is 0.360. The maximum Gasteiger partial charge on any atom is 0.407 e. The molecule has 5 rings (SSSR count). The van der Waals surface area contributed by atoms with Gasteiger partial charge in [0.1, 0.15) is 18.0 Å². The minimum absolute atomic E-state index is 0.182. The van der Waals surface area contributed by atoms with Crippen molar-refractivity contribution in [2.75, 3.05) is 0 Å². The largest absolute Gasteiger partial charge is 0.446 e. The highest BCUT2D eigenvalue weighted by molar-refractivity contribution is 6.05. The van der Waals surface area contributed by atoms with Gasteiger partial charge >= 0.3 is 6.09 Å². The minimum atomic E-state index is -0.657. The lowest BCUT2D eigenvalue weighted by molar-refractivity contribution is -0.136. The summed E-state index contributed by atoms with van der Waals surface area (Å²) in [5.41, 5.74) is 3.09. The van der Waals surface area contributed by atoms with Crippen LogP contribution in [0.3, 0.4) is 0 Å². The van der Waals surface area contributed by atoms with Gasteiger partial charge in [-0.3, -0.25) is 19.7 Å². The summed E-state index contributed by atoms with van der Waals surface area (Å²) in [5.74, 6) is -1.03. The summed E-state index contributed by atoms with van der Waals surface area (Å²) >= 11 is 0. The fourth-order valence-electron chi connectivity index (χ4n) is 4.75. The number of nitrogens with zero attached hydrogens (tertiary/aromatic N) is 1. The Morgan fingerprint density at radius 3 is 2.62 bits per heavy atom. The average molecular weight is 465 g/mol. The first-order valence-corrected chi connectivity index (χ1v) is 11.3. The summed E-state index contributed by atoms with van der Waals surface area (Å²) in [7, 11) is 0. The summed E-state index contributed by atoms with van der Waals surface area (Å²) in [6.45, 7) is 0.513. The van der Waals surface area contributed by atoms with Crippen LogP contribution in [0.4, 0.5) is 9.18 Å². The Morgan fingerprint density at radius 2 is 1.88 bits per heavy atom. The molecule has 0 aromatic heterocycles. The normalized spacial score (nSPS) is 23.7. The number of hydrogen-bond acceptors (Lipinski definition) is 5. The van der Waals surface area contributed by atoms with Crippen LogP contribution in [0.15, 0.2) is 42.5 Å². The van der Waals surface area contributed by atoms with E-state index in [-0.39, 0.29) is 42.6 Å². The highest BCUT2D eigenvalue weighted by atomic mass is 19.1. The molecule has 1 saturated carbocycles. The number of carbonyl (C=O) groups is 4. The van der Waals surface area contributed by atoms with Crippen molar-refractivity contribution in [3.63, 3.8) is 0 Å². The lowest BCUT2D eigenvalue weighted by Crippen LogP contribution is -2.52. The van der Waals surface area contributed by atoms with Gasteiger partial charge in [0, 0.05) is 25.1 Å². The molecule has 4 amide bonds. The second-order valence-corrected chi connectivity index (χ2v) is 8.99. The molecule has 2 aromatic carbocycles. The molecule has 34 heavy (non-hydrogen) atoms. The SMILES string of the molecule is O=C1CCC(N2Cc3ccc(CNC(=O)OC4CC(c5ccc(F)cc5)C4)cc3C2=O)C(=O)N1. The molecule has 2 fully saturated rings. The van der Waals surface area contributed by atoms with E-state index in [0.29, 0.717) is 31.4 Å². The fourth-order valence-corrected chi connectivity index (χ4v) is 4.75. The molecule has 9 heteroatoms. The second kappa shape index (κ2) is 8.89. The van der Waals surface area contributed by atoms with Crippen LogP contribution in [-0.4, -0.2) is 40.9 Å². The molecule has 2 N–H and O–H groups in total. The number of fused-ring (bicyclic) bond motifs is 1. The number of halogens is 1. The maximum atomic E-state index is 13.0. The number of carbonyl (C=O) groups excluding carboxylic acids is 4. The van der Waals surface area contributed by atoms with E-state index in [1.54, 1.807) is 18.2 Å².